The van der Waals surface area contributed by atoms with E-state index in [4.69, 9.17) is 0 Å². The van der Waals surface area contributed by atoms with Gasteiger partial charge in [-0.25, -0.2) is 0 Å². The Kier molecular flexibility index (Phi) is 5.20. The fourth-order valence-electron chi connectivity index (χ4n) is 4.72. The minimum absolute atomic E-state index is 0.0944. The van der Waals surface area contributed by atoms with E-state index in [-0.39, 0.29) is 11.6 Å². The predicted octanol–water partition coefficient (Wildman–Crippen LogP) is 4.10. The van der Waals surface area contributed by atoms with Gasteiger partial charge in [0.25, 0.3) is 0 Å². The fraction of sp³-hybridized carbons (Fsp3) is 0.895. The second-order valence-electron chi connectivity index (χ2n) is 8.27. The Balaban J connectivity index is 2.11. The first kappa shape index (κ1) is 17.0. The molecule has 2 rings (SSSR count). The molecular weight excluding hydrogens is 258 g/mol. The molecule has 0 spiro atoms. The van der Waals surface area contributed by atoms with Crippen molar-refractivity contribution in [2.75, 3.05) is 13.1 Å². The van der Waals surface area contributed by atoms with E-state index in [9.17, 15) is 5.11 Å². The van der Waals surface area contributed by atoms with Gasteiger partial charge in [0.2, 0.25) is 0 Å². The summed E-state index contributed by atoms with van der Waals surface area (Å²) in [5, 5.41) is 10.6. The molecule has 122 valence electrons. The van der Waals surface area contributed by atoms with Crippen molar-refractivity contribution in [3.05, 3.63) is 12.2 Å². The van der Waals surface area contributed by atoms with Crippen LogP contribution in [0, 0.1) is 23.7 Å². The molecule has 21 heavy (non-hydrogen) atoms. The van der Waals surface area contributed by atoms with Crippen molar-refractivity contribution in [1.82, 2.24) is 4.90 Å². The zero-order valence-electron chi connectivity index (χ0n) is 14.7. The molecule has 5 atom stereocenters. The van der Waals surface area contributed by atoms with E-state index in [0.717, 1.165) is 18.9 Å². The van der Waals surface area contributed by atoms with Crippen LogP contribution in [-0.2, 0) is 0 Å². The highest BCUT2D eigenvalue weighted by Gasteiger charge is 2.46. The highest BCUT2D eigenvalue weighted by atomic mass is 16.3. The van der Waals surface area contributed by atoms with Crippen LogP contribution in [0.25, 0.3) is 0 Å². The Hall–Kier alpha value is -0.340. The SMILES string of the molecule is C=C(C)[C@H]1CN(C(C)(C)[C@@H]2CC[C@@H](C)C[C@H]2O)C[C@H]1CC. The van der Waals surface area contributed by atoms with Crippen molar-refractivity contribution >= 4 is 0 Å². The zero-order valence-corrected chi connectivity index (χ0v) is 14.7. The first-order valence-electron chi connectivity index (χ1n) is 8.85. The minimum atomic E-state index is -0.132. The second-order valence-corrected chi connectivity index (χ2v) is 8.27. The third-order valence-corrected chi connectivity index (χ3v) is 6.40. The van der Waals surface area contributed by atoms with Crippen LogP contribution < -0.4 is 0 Å². The van der Waals surface area contributed by atoms with Crippen molar-refractivity contribution in [2.24, 2.45) is 23.7 Å². The van der Waals surface area contributed by atoms with Crippen molar-refractivity contribution in [3.8, 4) is 0 Å². The number of aliphatic hydroxyl groups is 1. The highest BCUT2D eigenvalue weighted by Crippen LogP contribution is 2.42. The van der Waals surface area contributed by atoms with Crippen molar-refractivity contribution in [2.45, 2.75) is 71.9 Å². The third kappa shape index (κ3) is 3.37. The molecule has 0 bridgehead atoms. The summed E-state index contributed by atoms with van der Waals surface area (Å²) in [7, 11) is 0. The highest BCUT2D eigenvalue weighted by molar-refractivity contribution is 5.07. The van der Waals surface area contributed by atoms with E-state index < -0.39 is 0 Å². The van der Waals surface area contributed by atoms with Gasteiger partial charge in [-0.2, -0.15) is 0 Å². The van der Waals surface area contributed by atoms with Crippen molar-refractivity contribution < 1.29 is 5.11 Å². The number of hydrogen-bond acceptors (Lipinski definition) is 2. The van der Waals surface area contributed by atoms with Crippen LogP contribution >= 0.6 is 0 Å². The number of likely N-dealkylation sites (tertiary alicyclic amines) is 1. The summed E-state index contributed by atoms with van der Waals surface area (Å²) >= 11 is 0. The van der Waals surface area contributed by atoms with Gasteiger partial charge < -0.3 is 5.11 Å². The Bertz CT molecular complexity index is 376. The Labute approximate surface area is 131 Å². The number of nitrogens with zero attached hydrogens (tertiary/aromatic N) is 1. The fourth-order valence-corrected chi connectivity index (χ4v) is 4.72. The summed E-state index contributed by atoms with van der Waals surface area (Å²) in [5.41, 5.74) is 1.43. The molecule has 1 aliphatic carbocycles. The maximum atomic E-state index is 10.6. The number of aliphatic hydroxyl groups excluding tert-OH is 1. The quantitative estimate of drug-likeness (QED) is 0.789. The molecular formula is C19H35NO. The van der Waals surface area contributed by atoms with E-state index >= 15 is 0 Å². The van der Waals surface area contributed by atoms with E-state index in [1.807, 2.05) is 0 Å². The second kappa shape index (κ2) is 6.42. The van der Waals surface area contributed by atoms with E-state index in [1.165, 1.54) is 31.4 Å². The predicted molar refractivity (Wildman–Crippen MR) is 90.2 cm³/mol. The summed E-state index contributed by atoms with van der Waals surface area (Å²) in [4.78, 5) is 2.64. The summed E-state index contributed by atoms with van der Waals surface area (Å²) in [5.74, 6) is 2.46. The number of rotatable bonds is 4. The standard InChI is InChI=1S/C19H35NO/c1-7-15-11-20(12-16(15)13(2)3)19(5,6)17-9-8-14(4)10-18(17)21/h14-18,21H,2,7-12H2,1,3-6H3/t14-,15-,16-,17-,18-/m1/s1. The molecule has 0 aromatic rings. The number of hydrogen-bond donors (Lipinski definition) is 1. The van der Waals surface area contributed by atoms with Gasteiger partial charge in [-0.15, -0.1) is 0 Å². The maximum absolute atomic E-state index is 10.6. The van der Waals surface area contributed by atoms with Crippen molar-refractivity contribution in [3.63, 3.8) is 0 Å². The molecule has 0 aromatic carbocycles. The lowest BCUT2D eigenvalue weighted by atomic mass is 9.71. The molecule has 1 saturated heterocycles. The molecule has 0 aromatic heterocycles. The van der Waals surface area contributed by atoms with E-state index in [0.29, 0.717) is 17.8 Å². The molecule has 1 aliphatic heterocycles. The van der Waals surface area contributed by atoms with Crippen LogP contribution in [0.15, 0.2) is 12.2 Å². The molecule has 2 aliphatic rings. The average Bonchev–Trinajstić information content (AvgIpc) is 2.83. The molecule has 2 nitrogen and oxygen atoms in total. The summed E-state index contributed by atoms with van der Waals surface area (Å²) in [6.07, 6.45) is 4.51. The first-order chi connectivity index (χ1) is 9.77. The van der Waals surface area contributed by atoms with Crippen LogP contribution in [0.2, 0.25) is 0 Å². The van der Waals surface area contributed by atoms with E-state index in [2.05, 4.69) is 46.1 Å². The Morgan fingerprint density at radius 2 is 1.95 bits per heavy atom. The zero-order chi connectivity index (χ0) is 15.8. The molecule has 1 saturated carbocycles. The molecule has 0 amide bonds. The Morgan fingerprint density at radius 1 is 1.29 bits per heavy atom. The van der Waals surface area contributed by atoms with Crippen molar-refractivity contribution in [1.29, 1.82) is 0 Å². The lowest BCUT2D eigenvalue weighted by molar-refractivity contribution is -0.0383. The van der Waals surface area contributed by atoms with Gasteiger partial charge in [-0.1, -0.05) is 38.8 Å². The molecule has 0 unspecified atom stereocenters. The molecule has 1 heterocycles. The third-order valence-electron chi connectivity index (χ3n) is 6.40. The van der Waals surface area contributed by atoms with Gasteiger partial charge in [0.05, 0.1) is 6.10 Å². The van der Waals surface area contributed by atoms with Crippen LogP contribution in [-0.4, -0.2) is 34.7 Å². The van der Waals surface area contributed by atoms with Gasteiger partial charge >= 0.3 is 0 Å². The largest absolute Gasteiger partial charge is 0.393 e. The molecule has 0 radical (unpaired) electrons. The van der Waals surface area contributed by atoms with Gasteiger partial charge in [0.15, 0.2) is 0 Å². The lowest BCUT2D eigenvalue weighted by Gasteiger charge is -2.47. The average molecular weight is 293 g/mol. The van der Waals surface area contributed by atoms with Gasteiger partial charge in [-0.3, -0.25) is 4.90 Å². The van der Waals surface area contributed by atoms with E-state index in [1.54, 1.807) is 0 Å². The molecule has 1 N–H and O–H groups in total. The van der Waals surface area contributed by atoms with Crippen LogP contribution in [0.1, 0.15) is 60.3 Å². The van der Waals surface area contributed by atoms with Gasteiger partial charge in [0.1, 0.15) is 0 Å². The van der Waals surface area contributed by atoms with Crippen LogP contribution in [0.4, 0.5) is 0 Å². The van der Waals surface area contributed by atoms with Crippen LogP contribution in [0.5, 0.6) is 0 Å². The maximum Gasteiger partial charge on any atom is 0.0588 e. The Morgan fingerprint density at radius 3 is 2.43 bits per heavy atom. The monoisotopic (exact) mass is 293 g/mol. The lowest BCUT2D eigenvalue weighted by Crippen LogP contribution is -2.53. The topological polar surface area (TPSA) is 23.5 Å². The first-order valence-corrected chi connectivity index (χ1v) is 8.85. The van der Waals surface area contributed by atoms with Crippen LogP contribution in [0.3, 0.4) is 0 Å². The molecule has 2 heteroatoms. The van der Waals surface area contributed by atoms with Gasteiger partial charge in [0, 0.05) is 24.5 Å². The minimum Gasteiger partial charge on any atom is -0.393 e. The summed E-state index contributed by atoms with van der Waals surface area (Å²) in [6, 6.07) is 0. The smallest absolute Gasteiger partial charge is 0.0588 e. The normalized spacial score (nSPS) is 38.7. The summed E-state index contributed by atoms with van der Waals surface area (Å²) in [6.45, 7) is 18.0. The van der Waals surface area contributed by atoms with Gasteiger partial charge in [-0.05, 0) is 51.4 Å². The molecule has 2 fully saturated rings. The summed E-state index contributed by atoms with van der Waals surface area (Å²) < 4.78 is 0.